The maximum absolute atomic E-state index is 12.2. The number of sulfone groups is 1. The molecule has 0 N–H and O–H groups in total. The maximum atomic E-state index is 12.2. The summed E-state index contributed by atoms with van der Waals surface area (Å²) in [6.07, 6.45) is 0. The number of rotatable bonds is 4. The summed E-state index contributed by atoms with van der Waals surface area (Å²) >= 11 is 0. The molecule has 0 aromatic heterocycles. The minimum Gasteiger partial charge on any atom is -0.378 e. The molecular weight excluding hydrogens is 278 g/mol. The van der Waals surface area contributed by atoms with Gasteiger partial charge in [0.05, 0.1) is 23.9 Å². The number of amides is 1. The number of benzene rings is 1. The quantitative estimate of drug-likeness (QED) is 0.773. The predicted molar refractivity (Wildman–Crippen MR) is 75.0 cm³/mol. The molecule has 1 aromatic rings. The van der Waals surface area contributed by atoms with Crippen molar-refractivity contribution in [1.29, 1.82) is 0 Å². The molecule has 1 aliphatic rings. The Morgan fingerprint density at radius 3 is 2.40 bits per heavy atom. The summed E-state index contributed by atoms with van der Waals surface area (Å²) in [5.74, 6) is -0.666. The number of hydrogen-bond acceptors (Lipinski definition) is 4. The lowest BCUT2D eigenvalue weighted by molar-refractivity contribution is -0.130. The van der Waals surface area contributed by atoms with Crippen molar-refractivity contribution in [2.75, 3.05) is 32.1 Å². The highest BCUT2D eigenvalue weighted by Gasteiger charge is 2.24. The average molecular weight is 295 g/mol. The van der Waals surface area contributed by atoms with Gasteiger partial charge in [-0.1, -0.05) is 24.8 Å². The Bertz CT molecular complexity index is 589. The summed E-state index contributed by atoms with van der Waals surface area (Å²) in [6, 6.07) is 8.08. The third kappa shape index (κ3) is 3.46. The van der Waals surface area contributed by atoms with Crippen molar-refractivity contribution in [3.8, 4) is 0 Å². The Morgan fingerprint density at radius 1 is 1.20 bits per heavy atom. The molecule has 1 heterocycles. The maximum Gasteiger partial charge on any atom is 0.250 e. The molecule has 0 radical (unpaired) electrons. The van der Waals surface area contributed by atoms with Gasteiger partial charge in [-0.3, -0.25) is 4.79 Å². The van der Waals surface area contributed by atoms with Crippen LogP contribution in [-0.2, 0) is 19.4 Å². The number of carbonyl (C=O) groups is 1. The molecule has 2 rings (SSSR count). The summed E-state index contributed by atoms with van der Waals surface area (Å²) in [4.78, 5) is 13.9. The zero-order chi connectivity index (χ0) is 14.6. The zero-order valence-electron chi connectivity index (χ0n) is 11.1. The Balaban J connectivity index is 2.05. The fraction of sp³-hybridized carbons (Fsp3) is 0.357. The number of ether oxygens (including phenoxy) is 1. The molecule has 0 unspecified atom stereocenters. The Hall–Kier alpha value is -1.66. The third-order valence-corrected chi connectivity index (χ3v) is 4.79. The summed E-state index contributed by atoms with van der Waals surface area (Å²) in [5, 5.41) is 0. The van der Waals surface area contributed by atoms with Gasteiger partial charge in [0.15, 0.2) is 9.84 Å². The Labute approximate surface area is 118 Å². The summed E-state index contributed by atoms with van der Waals surface area (Å²) in [6.45, 7) is 5.53. The SMILES string of the molecule is C=C(CS(=O)(=O)c1ccccc1)C(=O)N1CCOCC1. The van der Waals surface area contributed by atoms with E-state index in [2.05, 4.69) is 6.58 Å². The molecule has 1 fully saturated rings. The van der Waals surface area contributed by atoms with Crippen LogP contribution in [0.4, 0.5) is 0 Å². The first-order valence-corrected chi connectivity index (χ1v) is 7.98. The van der Waals surface area contributed by atoms with Crippen molar-refractivity contribution < 1.29 is 17.9 Å². The second kappa shape index (κ2) is 6.19. The minimum absolute atomic E-state index is 0.0933. The molecule has 1 aromatic carbocycles. The summed E-state index contributed by atoms with van der Waals surface area (Å²) < 4.78 is 29.5. The topological polar surface area (TPSA) is 63.7 Å². The number of morpholine rings is 1. The largest absolute Gasteiger partial charge is 0.378 e. The van der Waals surface area contributed by atoms with Gasteiger partial charge in [-0.05, 0) is 12.1 Å². The second-order valence-electron chi connectivity index (χ2n) is 4.58. The lowest BCUT2D eigenvalue weighted by atomic mass is 10.3. The number of hydrogen-bond donors (Lipinski definition) is 0. The summed E-state index contributed by atoms with van der Waals surface area (Å²) in [7, 11) is -3.52. The zero-order valence-corrected chi connectivity index (χ0v) is 11.9. The third-order valence-electron chi connectivity index (χ3n) is 3.07. The van der Waals surface area contributed by atoms with Crippen LogP contribution in [0.2, 0.25) is 0 Å². The highest BCUT2D eigenvalue weighted by atomic mass is 32.2. The first-order chi connectivity index (χ1) is 9.50. The highest BCUT2D eigenvalue weighted by Crippen LogP contribution is 2.14. The van der Waals surface area contributed by atoms with E-state index in [9.17, 15) is 13.2 Å². The molecule has 5 nitrogen and oxygen atoms in total. The lowest BCUT2D eigenvalue weighted by Gasteiger charge is -2.27. The standard InChI is InChI=1S/C14H17NO4S/c1-12(14(16)15-7-9-19-10-8-15)11-20(17,18)13-5-3-2-4-6-13/h2-6H,1,7-11H2. The molecule has 0 bridgehead atoms. The van der Waals surface area contributed by atoms with E-state index >= 15 is 0 Å². The van der Waals surface area contributed by atoms with Gasteiger partial charge in [0.2, 0.25) is 5.91 Å². The fourth-order valence-corrected chi connectivity index (χ4v) is 3.31. The van der Waals surface area contributed by atoms with E-state index in [1.54, 1.807) is 23.1 Å². The van der Waals surface area contributed by atoms with Crippen LogP contribution in [0.5, 0.6) is 0 Å². The molecule has 1 aliphatic heterocycles. The first-order valence-electron chi connectivity index (χ1n) is 6.33. The molecule has 0 spiro atoms. The van der Waals surface area contributed by atoms with Crippen LogP contribution in [0.15, 0.2) is 47.4 Å². The van der Waals surface area contributed by atoms with E-state index in [4.69, 9.17) is 4.74 Å². The monoisotopic (exact) mass is 295 g/mol. The van der Waals surface area contributed by atoms with E-state index in [0.29, 0.717) is 26.3 Å². The van der Waals surface area contributed by atoms with Gasteiger partial charge in [0.1, 0.15) is 0 Å². The van der Waals surface area contributed by atoms with Gasteiger partial charge in [0.25, 0.3) is 0 Å². The van der Waals surface area contributed by atoms with Crippen LogP contribution in [0.3, 0.4) is 0 Å². The van der Waals surface area contributed by atoms with Crippen molar-refractivity contribution in [2.45, 2.75) is 4.90 Å². The van der Waals surface area contributed by atoms with Crippen molar-refractivity contribution >= 4 is 15.7 Å². The minimum atomic E-state index is -3.52. The normalized spacial score (nSPS) is 15.9. The summed E-state index contributed by atoms with van der Waals surface area (Å²) in [5.41, 5.74) is 0.0933. The lowest BCUT2D eigenvalue weighted by Crippen LogP contribution is -2.42. The van der Waals surface area contributed by atoms with Crippen LogP contribution in [0.25, 0.3) is 0 Å². The molecule has 0 atom stereocenters. The van der Waals surface area contributed by atoms with Crippen LogP contribution in [-0.4, -0.2) is 51.3 Å². The predicted octanol–water partition coefficient (Wildman–Crippen LogP) is 0.875. The van der Waals surface area contributed by atoms with Crippen molar-refractivity contribution in [1.82, 2.24) is 4.90 Å². The van der Waals surface area contributed by atoms with Crippen LogP contribution >= 0.6 is 0 Å². The molecule has 6 heteroatoms. The van der Waals surface area contributed by atoms with Gasteiger partial charge < -0.3 is 9.64 Å². The number of nitrogens with zero attached hydrogens (tertiary/aromatic N) is 1. The molecule has 0 saturated carbocycles. The molecule has 1 saturated heterocycles. The molecule has 108 valence electrons. The smallest absolute Gasteiger partial charge is 0.250 e. The first kappa shape index (κ1) is 14.7. The van der Waals surface area contributed by atoms with E-state index in [-0.39, 0.29) is 22.1 Å². The van der Waals surface area contributed by atoms with Crippen LogP contribution in [0.1, 0.15) is 0 Å². The van der Waals surface area contributed by atoms with Gasteiger partial charge in [-0.15, -0.1) is 0 Å². The van der Waals surface area contributed by atoms with Crippen molar-refractivity contribution in [2.24, 2.45) is 0 Å². The van der Waals surface area contributed by atoms with E-state index in [1.165, 1.54) is 12.1 Å². The van der Waals surface area contributed by atoms with E-state index < -0.39 is 9.84 Å². The van der Waals surface area contributed by atoms with Gasteiger partial charge in [-0.25, -0.2) is 8.42 Å². The molecule has 20 heavy (non-hydrogen) atoms. The highest BCUT2D eigenvalue weighted by molar-refractivity contribution is 7.91. The number of carbonyl (C=O) groups excluding carboxylic acids is 1. The van der Waals surface area contributed by atoms with Gasteiger partial charge in [0, 0.05) is 18.7 Å². The average Bonchev–Trinajstić information content (AvgIpc) is 2.48. The van der Waals surface area contributed by atoms with E-state index in [0.717, 1.165) is 0 Å². The van der Waals surface area contributed by atoms with Gasteiger partial charge in [-0.2, -0.15) is 0 Å². The van der Waals surface area contributed by atoms with E-state index in [1.807, 2.05) is 0 Å². The Morgan fingerprint density at radius 2 is 1.80 bits per heavy atom. The van der Waals surface area contributed by atoms with Crippen LogP contribution in [0, 0.1) is 0 Å². The van der Waals surface area contributed by atoms with Gasteiger partial charge >= 0.3 is 0 Å². The molecular formula is C14H17NO4S. The fourth-order valence-electron chi connectivity index (χ4n) is 1.99. The van der Waals surface area contributed by atoms with Crippen molar-refractivity contribution in [3.05, 3.63) is 42.5 Å². The molecule has 0 aliphatic carbocycles. The van der Waals surface area contributed by atoms with Crippen molar-refractivity contribution in [3.63, 3.8) is 0 Å². The molecule has 1 amide bonds. The Kier molecular flexibility index (Phi) is 4.57. The second-order valence-corrected chi connectivity index (χ2v) is 6.57. The van der Waals surface area contributed by atoms with Crippen LogP contribution < -0.4 is 0 Å².